The number of hydrogen-bond donors (Lipinski definition) is 2. The Morgan fingerprint density at radius 2 is 2.04 bits per heavy atom. The molecule has 4 nitrogen and oxygen atoms in total. The minimum absolute atomic E-state index is 0. The first-order valence-corrected chi connectivity index (χ1v) is 9.55. The van der Waals surface area contributed by atoms with Crippen molar-refractivity contribution in [3.63, 3.8) is 0 Å². The van der Waals surface area contributed by atoms with Crippen molar-refractivity contribution < 1.29 is 0 Å². The van der Waals surface area contributed by atoms with E-state index in [1.807, 2.05) is 19.2 Å². The molecule has 0 aromatic heterocycles. The van der Waals surface area contributed by atoms with Crippen LogP contribution < -0.4 is 10.6 Å². The normalized spacial score (nSPS) is 23.9. The van der Waals surface area contributed by atoms with Gasteiger partial charge < -0.3 is 10.6 Å². The van der Waals surface area contributed by atoms with Gasteiger partial charge in [-0.05, 0) is 43.9 Å². The molecule has 2 fully saturated rings. The van der Waals surface area contributed by atoms with Crippen LogP contribution in [0.2, 0.25) is 5.02 Å². The summed E-state index contributed by atoms with van der Waals surface area (Å²) in [4.78, 5) is 6.89. The lowest BCUT2D eigenvalue weighted by atomic mass is 10.0. The summed E-state index contributed by atoms with van der Waals surface area (Å²) >= 11 is 6.10. The highest BCUT2D eigenvalue weighted by atomic mass is 127. The van der Waals surface area contributed by atoms with E-state index in [-0.39, 0.29) is 24.0 Å². The highest BCUT2D eigenvalue weighted by molar-refractivity contribution is 14.0. The summed E-state index contributed by atoms with van der Waals surface area (Å²) < 4.78 is 0. The molecule has 6 heteroatoms. The van der Waals surface area contributed by atoms with Gasteiger partial charge in [0.05, 0.1) is 0 Å². The van der Waals surface area contributed by atoms with Crippen LogP contribution in [0.3, 0.4) is 0 Å². The first-order chi connectivity index (χ1) is 12.0. The van der Waals surface area contributed by atoms with E-state index in [0.29, 0.717) is 18.0 Å². The zero-order valence-electron chi connectivity index (χ0n) is 15.7. The van der Waals surface area contributed by atoms with E-state index in [1.54, 1.807) is 0 Å². The quantitative estimate of drug-likeness (QED) is 0.285. The van der Waals surface area contributed by atoms with Gasteiger partial charge in [-0.3, -0.25) is 9.89 Å². The number of rotatable bonds is 5. The molecule has 144 valence electrons. The topological polar surface area (TPSA) is 39.7 Å². The van der Waals surface area contributed by atoms with E-state index in [9.17, 15) is 0 Å². The molecule has 3 rings (SSSR count). The van der Waals surface area contributed by atoms with E-state index >= 15 is 0 Å². The van der Waals surface area contributed by atoms with Crippen molar-refractivity contribution in [2.45, 2.75) is 44.2 Å². The third kappa shape index (κ3) is 6.13. The van der Waals surface area contributed by atoms with E-state index < -0.39 is 0 Å². The standard InChI is InChI=1S/C20H29ClN4.HI/c1-14(2)13-25-9-7-17(8-10-25)23-20(22-3)24-19-12-18(19)15-5-4-6-16(21)11-15;/h4-6,11,17-19H,1,7-10,12-13H2,2-3H3,(H2,22,23,24);1H. The molecule has 26 heavy (non-hydrogen) atoms. The monoisotopic (exact) mass is 488 g/mol. The van der Waals surface area contributed by atoms with Crippen LogP contribution in [0.15, 0.2) is 41.4 Å². The molecular weight excluding hydrogens is 459 g/mol. The Bertz CT molecular complexity index is 640. The van der Waals surface area contributed by atoms with Crippen molar-refractivity contribution in [1.82, 2.24) is 15.5 Å². The number of piperidine rings is 1. The Morgan fingerprint density at radius 1 is 1.31 bits per heavy atom. The lowest BCUT2D eigenvalue weighted by Gasteiger charge is -2.33. The molecule has 0 amide bonds. The Kier molecular flexibility index (Phi) is 8.23. The fraction of sp³-hybridized carbons (Fsp3) is 0.550. The Hall–Kier alpha value is -0.790. The molecule has 1 heterocycles. The fourth-order valence-electron chi connectivity index (χ4n) is 3.62. The average molecular weight is 489 g/mol. The smallest absolute Gasteiger partial charge is 0.191 e. The van der Waals surface area contributed by atoms with Gasteiger partial charge in [-0.15, -0.1) is 24.0 Å². The zero-order valence-corrected chi connectivity index (χ0v) is 18.8. The molecule has 0 radical (unpaired) electrons. The van der Waals surface area contributed by atoms with Crippen LogP contribution in [0.25, 0.3) is 0 Å². The number of halogens is 2. The van der Waals surface area contributed by atoms with Crippen molar-refractivity contribution in [1.29, 1.82) is 0 Å². The molecule has 2 aliphatic rings. The molecule has 1 aliphatic carbocycles. The summed E-state index contributed by atoms with van der Waals surface area (Å²) in [5.74, 6) is 1.46. The van der Waals surface area contributed by atoms with E-state index in [2.05, 4.69) is 46.2 Å². The third-order valence-corrected chi connectivity index (χ3v) is 5.27. The van der Waals surface area contributed by atoms with Gasteiger partial charge in [0.1, 0.15) is 0 Å². The predicted molar refractivity (Wildman–Crippen MR) is 122 cm³/mol. The van der Waals surface area contributed by atoms with Crippen LogP contribution in [0.5, 0.6) is 0 Å². The molecule has 2 N–H and O–H groups in total. The number of likely N-dealkylation sites (tertiary alicyclic amines) is 1. The first-order valence-electron chi connectivity index (χ1n) is 9.17. The lowest BCUT2D eigenvalue weighted by Crippen LogP contribution is -2.49. The molecule has 2 unspecified atom stereocenters. The number of benzene rings is 1. The molecular formula is C20H30ClIN4. The SMILES string of the molecule is C=C(C)CN1CCC(NC(=NC)NC2CC2c2cccc(Cl)c2)CC1.I. The van der Waals surface area contributed by atoms with Crippen molar-refractivity contribution in [3.8, 4) is 0 Å². The van der Waals surface area contributed by atoms with Crippen molar-refractivity contribution in [2.75, 3.05) is 26.7 Å². The van der Waals surface area contributed by atoms with Gasteiger partial charge in [0.2, 0.25) is 0 Å². The largest absolute Gasteiger partial charge is 0.354 e. The van der Waals surface area contributed by atoms with Gasteiger partial charge in [-0.1, -0.05) is 35.9 Å². The lowest BCUT2D eigenvalue weighted by molar-refractivity contribution is 0.221. The number of nitrogens with zero attached hydrogens (tertiary/aromatic N) is 2. The summed E-state index contributed by atoms with van der Waals surface area (Å²) in [7, 11) is 1.85. The molecule has 2 atom stereocenters. The van der Waals surface area contributed by atoms with Crippen LogP contribution in [-0.4, -0.2) is 49.6 Å². The van der Waals surface area contributed by atoms with Gasteiger partial charge in [-0.2, -0.15) is 0 Å². The predicted octanol–water partition coefficient (Wildman–Crippen LogP) is 4.02. The third-order valence-electron chi connectivity index (χ3n) is 5.03. The van der Waals surface area contributed by atoms with Crippen molar-refractivity contribution >= 4 is 41.5 Å². The number of guanidine groups is 1. The second-order valence-corrected chi connectivity index (χ2v) is 7.81. The molecule has 1 aromatic carbocycles. The zero-order chi connectivity index (χ0) is 17.8. The Morgan fingerprint density at radius 3 is 2.65 bits per heavy atom. The summed E-state index contributed by atoms with van der Waals surface area (Å²) in [6.07, 6.45) is 3.44. The van der Waals surface area contributed by atoms with Crippen LogP contribution in [0, 0.1) is 0 Å². The number of aliphatic imine (C=N–C) groups is 1. The van der Waals surface area contributed by atoms with Gasteiger partial charge in [0.25, 0.3) is 0 Å². The van der Waals surface area contributed by atoms with Crippen molar-refractivity contribution in [3.05, 3.63) is 47.0 Å². The number of nitrogens with one attached hydrogen (secondary N) is 2. The van der Waals surface area contributed by atoms with E-state index in [1.165, 1.54) is 11.1 Å². The second kappa shape index (κ2) is 9.95. The maximum Gasteiger partial charge on any atom is 0.191 e. The molecule has 1 aromatic rings. The summed E-state index contributed by atoms with van der Waals surface area (Å²) in [5.41, 5.74) is 2.55. The Balaban J connectivity index is 0.00000243. The minimum Gasteiger partial charge on any atom is -0.354 e. The van der Waals surface area contributed by atoms with Gasteiger partial charge in [0, 0.05) is 49.7 Å². The Labute approximate surface area is 179 Å². The maximum atomic E-state index is 6.10. The highest BCUT2D eigenvalue weighted by Crippen LogP contribution is 2.41. The van der Waals surface area contributed by atoms with E-state index in [4.69, 9.17) is 11.6 Å². The second-order valence-electron chi connectivity index (χ2n) is 7.37. The molecule has 1 saturated heterocycles. The summed E-state index contributed by atoms with van der Waals surface area (Å²) in [5, 5.41) is 7.98. The molecule has 0 spiro atoms. The van der Waals surface area contributed by atoms with Crippen LogP contribution in [0.1, 0.15) is 37.7 Å². The summed E-state index contributed by atoms with van der Waals surface area (Å²) in [6, 6.07) is 9.13. The van der Waals surface area contributed by atoms with Crippen LogP contribution >= 0.6 is 35.6 Å². The molecule has 1 saturated carbocycles. The minimum atomic E-state index is 0. The van der Waals surface area contributed by atoms with Gasteiger partial charge in [0.15, 0.2) is 5.96 Å². The van der Waals surface area contributed by atoms with Crippen LogP contribution in [0.4, 0.5) is 0 Å². The van der Waals surface area contributed by atoms with Crippen molar-refractivity contribution in [2.24, 2.45) is 4.99 Å². The number of hydrogen-bond acceptors (Lipinski definition) is 2. The first kappa shape index (κ1) is 21.5. The fourth-order valence-corrected chi connectivity index (χ4v) is 3.82. The molecule has 0 bridgehead atoms. The van der Waals surface area contributed by atoms with E-state index in [0.717, 1.165) is 49.9 Å². The average Bonchev–Trinajstić information content (AvgIpc) is 3.35. The van der Waals surface area contributed by atoms with Crippen LogP contribution in [-0.2, 0) is 0 Å². The van der Waals surface area contributed by atoms with Gasteiger partial charge in [-0.25, -0.2) is 0 Å². The molecule has 1 aliphatic heterocycles. The maximum absolute atomic E-state index is 6.10. The summed E-state index contributed by atoms with van der Waals surface area (Å²) in [6.45, 7) is 9.37. The van der Waals surface area contributed by atoms with Gasteiger partial charge >= 0.3 is 0 Å². The highest BCUT2D eigenvalue weighted by Gasteiger charge is 2.39.